The van der Waals surface area contributed by atoms with Crippen LogP contribution in [0.15, 0.2) is 35.2 Å². The van der Waals surface area contributed by atoms with E-state index in [1.165, 1.54) is 4.90 Å². The van der Waals surface area contributed by atoms with Crippen LogP contribution in [0.3, 0.4) is 0 Å². The summed E-state index contributed by atoms with van der Waals surface area (Å²) in [5, 5.41) is 0. The number of carbonyl (C=O) groups is 1. The van der Waals surface area contributed by atoms with Crippen molar-refractivity contribution in [1.82, 2.24) is 9.21 Å². The molecule has 0 aromatic heterocycles. The molecule has 2 unspecified atom stereocenters. The zero-order chi connectivity index (χ0) is 15.7. The van der Waals surface area contributed by atoms with Gasteiger partial charge in [-0.15, -0.1) is 0 Å². The zero-order valence-electron chi connectivity index (χ0n) is 13.5. The van der Waals surface area contributed by atoms with Crippen LogP contribution in [-0.2, 0) is 4.74 Å². The number of carbonyl (C=O) groups excluding carboxylic acids is 1. The van der Waals surface area contributed by atoms with E-state index in [1.807, 2.05) is 43.7 Å². The molecule has 120 valence electrons. The van der Waals surface area contributed by atoms with E-state index in [4.69, 9.17) is 4.74 Å². The minimum Gasteiger partial charge on any atom is -0.444 e. The van der Waals surface area contributed by atoms with Crippen LogP contribution in [0.2, 0.25) is 0 Å². The van der Waals surface area contributed by atoms with Gasteiger partial charge in [-0.05, 0) is 57.7 Å². The number of hydrogen-bond acceptors (Lipinski definition) is 4. The predicted molar refractivity (Wildman–Crippen MR) is 88.8 cm³/mol. The molecule has 0 N–H and O–H groups in total. The summed E-state index contributed by atoms with van der Waals surface area (Å²) in [4.78, 5) is 15.4. The lowest BCUT2D eigenvalue weighted by atomic mass is 10.2. The molecule has 2 fully saturated rings. The molecule has 5 heteroatoms. The molecular formula is C17H24N2O2S. The number of rotatable bonds is 2. The van der Waals surface area contributed by atoms with Gasteiger partial charge >= 0.3 is 6.09 Å². The minimum atomic E-state index is -0.425. The van der Waals surface area contributed by atoms with Crippen molar-refractivity contribution in [2.24, 2.45) is 0 Å². The van der Waals surface area contributed by atoms with Crippen molar-refractivity contribution >= 4 is 18.0 Å². The first-order valence-corrected chi connectivity index (χ1v) is 8.69. The van der Waals surface area contributed by atoms with Crippen molar-refractivity contribution in [3.8, 4) is 0 Å². The monoisotopic (exact) mass is 320 g/mol. The summed E-state index contributed by atoms with van der Waals surface area (Å²) < 4.78 is 8.00. The van der Waals surface area contributed by atoms with Crippen molar-refractivity contribution in [2.75, 3.05) is 13.1 Å². The quantitative estimate of drug-likeness (QED) is 0.777. The Hall–Kier alpha value is -1.20. The summed E-state index contributed by atoms with van der Waals surface area (Å²) in [7, 11) is 0. The van der Waals surface area contributed by atoms with Crippen molar-refractivity contribution < 1.29 is 9.53 Å². The highest BCUT2D eigenvalue weighted by molar-refractivity contribution is 7.97. The lowest BCUT2D eigenvalue weighted by molar-refractivity contribution is 0.0130. The van der Waals surface area contributed by atoms with Crippen LogP contribution in [0.4, 0.5) is 4.79 Å². The molecule has 4 nitrogen and oxygen atoms in total. The third kappa shape index (κ3) is 3.58. The number of benzene rings is 1. The van der Waals surface area contributed by atoms with Crippen molar-refractivity contribution in [3.63, 3.8) is 0 Å². The summed E-state index contributed by atoms with van der Waals surface area (Å²) in [6, 6.07) is 11.3. The fraction of sp³-hybridized carbons (Fsp3) is 0.588. The lowest BCUT2D eigenvalue weighted by Crippen LogP contribution is -2.53. The van der Waals surface area contributed by atoms with Crippen LogP contribution in [0, 0.1) is 0 Å². The van der Waals surface area contributed by atoms with Crippen LogP contribution in [-0.4, -0.2) is 46.1 Å². The Morgan fingerprint density at radius 2 is 1.73 bits per heavy atom. The molecule has 2 saturated heterocycles. The van der Waals surface area contributed by atoms with Crippen LogP contribution in [0.5, 0.6) is 0 Å². The number of nitrogens with zero attached hydrogens (tertiary/aromatic N) is 2. The molecule has 2 aliphatic heterocycles. The maximum Gasteiger partial charge on any atom is 0.410 e. The summed E-state index contributed by atoms with van der Waals surface area (Å²) >= 11 is 1.82. The Kier molecular flexibility index (Phi) is 4.37. The number of piperazine rings is 1. The van der Waals surface area contributed by atoms with Gasteiger partial charge in [-0.2, -0.15) is 0 Å². The van der Waals surface area contributed by atoms with E-state index >= 15 is 0 Å². The summed E-state index contributed by atoms with van der Waals surface area (Å²) in [6.07, 6.45) is 2.14. The normalized spacial score (nSPS) is 25.3. The number of hydrogen-bond donors (Lipinski definition) is 0. The molecule has 2 aliphatic rings. The first-order chi connectivity index (χ1) is 10.4. The first-order valence-electron chi connectivity index (χ1n) is 7.92. The zero-order valence-corrected chi connectivity index (χ0v) is 14.3. The molecule has 1 aromatic rings. The van der Waals surface area contributed by atoms with Gasteiger partial charge in [0.1, 0.15) is 5.60 Å². The Bertz CT molecular complexity index is 515. The molecule has 0 aliphatic carbocycles. The second-order valence-corrected chi connectivity index (χ2v) is 8.11. The molecule has 0 saturated carbocycles. The van der Waals surface area contributed by atoms with Gasteiger partial charge in [0.25, 0.3) is 0 Å². The molecule has 2 bridgehead atoms. The standard InChI is InChI=1S/C17H24N2O2S/c1-17(2,3)21-16(20)18-11-13-9-10-14(12-18)19(13)22-15-7-5-4-6-8-15/h4-8,13-14H,9-12H2,1-3H3. The topological polar surface area (TPSA) is 32.8 Å². The van der Waals surface area contributed by atoms with Gasteiger partial charge in [0.15, 0.2) is 0 Å². The Balaban J connectivity index is 1.63. The van der Waals surface area contributed by atoms with Gasteiger partial charge in [0.05, 0.1) is 0 Å². The summed E-state index contributed by atoms with van der Waals surface area (Å²) in [6.45, 7) is 7.29. The van der Waals surface area contributed by atoms with E-state index < -0.39 is 5.60 Å². The smallest absolute Gasteiger partial charge is 0.410 e. The average molecular weight is 320 g/mol. The van der Waals surface area contributed by atoms with Crippen LogP contribution < -0.4 is 0 Å². The van der Waals surface area contributed by atoms with Gasteiger partial charge in [-0.25, -0.2) is 9.10 Å². The van der Waals surface area contributed by atoms with Crippen molar-refractivity contribution in [3.05, 3.63) is 30.3 Å². The van der Waals surface area contributed by atoms with Crippen LogP contribution in [0.1, 0.15) is 33.6 Å². The highest BCUT2D eigenvalue weighted by Gasteiger charge is 2.42. The van der Waals surface area contributed by atoms with Gasteiger partial charge in [-0.1, -0.05) is 18.2 Å². The minimum absolute atomic E-state index is 0.172. The Labute approximate surface area is 136 Å². The summed E-state index contributed by atoms with van der Waals surface area (Å²) in [5.41, 5.74) is -0.425. The third-order valence-electron chi connectivity index (χ3n) is 4.02. The molecule has 0 radical (unpaired) electrons. The van der Waals surface area contributed by atoms with E-state index in [0.717, 1.165) is 25.9 Å². The highest BCUT2D eigenvalue weighted by atomic mass is 32.2. The van der Waals surface area contributed by atoms with E-state index in [2.05, 4.69) is 28.6 Å². The van der Waals surface area contributed by atoms with Gasteiger partial charge in [0, 0.05) is 30.1 Å². The molecular weight excluding hydrogens is 296 g/mol. The van der Waals surface area contributed by atoms with Gasteiger partial charge in [0.2, 0.25) is 0 Å². The highest BCUT2D eigenvalue weighted by Crippen LogP contribution is 2.39. The predicted octanol–water partition coefficient (Wildman–Crippen LogP) is 3.78. The second-order valence-electron chi connectivity index (χ2n) is 7.03. The molecule has 2 atom stereocenters. The Morgan fingerprint density at radius 1 is 1.14 bits per heavy atom. The number of amides is 1. The fourth-order valence-electron chi connectivity index (χ4n) is 3.09. The van der Waals surface area contributed by atoms with Gasteiger partial charge in [-0.3, -0.25) is 0 Å². The van der Waals surface area contributed by atoms with Crippen LogP contribution in [0.25, 0.3) is 0 Å². The first kappa shape index (κ1) is 15.7. The molecule has 0 spiro atoms. The maximum atomic E-state index is 12.3. The van der Waals surface area contributed by atoms with Crippen LogP contribution >= 0.6 is 11.9 Å². The number of ether oxygens (including phenoxy) is 1. The van der Waals surface area contributed by atoms with E-state index in [9.17, 15) is 4.79 Å². The Morgan fingerprint density at radius 3 is 2.27 bits per heavy atom. The van der Waals surface area contributed by atoms with E-state index in [0.29, 0.717) is 12.1 Å². The SMILES string of the molecule is CC(C)(C)OC(=O)N1CC2CCC(C1)N2Sc1ccccc1. The maximum absolute atomic E-state index is 12.3. The van der Waals surface area contributed by atoms with Gasteiger partial charge < -0.3 is 9.64 Å². The van der Waals surface area contributed by atoms with E-state index in [-0.39, 0.29) is 6.09 Å². The third-order valence-corrected chi connectivity index (χ3v) is 5.31. The second kappa shape index (κ2) is 6.13. The lowest BCUT2D eigenvalue weighted by Gasteiger charge is -2.40. The molecule has 1 amide bonds. The summed E-state index contributed by atoms with van der Waals surface area (Å²) in [5.74, 6) is 0. The molecule has 1 aromatic carbocycles. The number of fused-ring (bicyclic) bond motifs is 2. The fourth-order valence-corrected chi connectivity index (χ4v) is 4.26. The molecule has 2 heterocycles. The largest absolute Gasteiger partial charge is 0.444 e. The number of likely N-dealkylation sites (tertiary alicyclic amines) is 1. The van der Waals surface area contributed by atoms with Crippen molar-refractivity contribution in [2.45, 2.75) is 56.2 Å². The molecule has 3 rings (SSSR count). The van der Waals surface area contributed by atoms with Crippen molar-refractivity contribution in [1.29, 1.82) is 0 Å². The van der Waals surface area contributed by atoms with E-state index in [1.54, 1.807) is 0 Å². The molecule has 22 heavy (non-hydrogen) atoms. The average Bonchev–Trinajstić information content (AvgIpc) is 2.69.